The number of benzene rings is 1. The van der Waals surface area contributed by atoms with Crippen LogP contribution in [0.25, 0.3) is 5.52 Å². The van der Waals surface area contributed by atoms with Gasteiger partial charge in [-0.3, -0.25) is 0 Å². The summed E-state index contributed by atoms with van der Waals surface area (Å²) in [6, 6.07) is 20.2. The third-order valence-electron chi connectivity index (χ3n) is 2.78. The molecule has 0 N–H and O–H groups in total. The fourth-order valence-corrected chi connectivity index (χ4v) is 1.92. The lowest BCUT2D eigenvalue weighted by Crippen LogP contribution is -2.01. The van der Waals surface area contributed by atoms with Gasteiger partial charge in [0.1, 0.15) is 12.4 Å². The van der Waals surface area contributed by atoms with Crippen molar-refractivity contribution in [3.05, 3.63) is 72.6 Å². The van der Waals surface area contributed by atoms with E-state index in [4.69, 9.17) is 4.74 Å². The quantitative estimate of drug-likeness (QED) is 0.662. The number of hydrogen-bond acceptors (Lipinski definition) is 1. The van der Waals surface area contributed by atoms with Crippen molar-refractivity contribution in [2.24, 2.45) is 0 Å². The van der Waals surface area contributed by atoms with Crippen LogP contribution < -0.4 is 4.74 Å². The molecule has 2 heteroatoms. The number of pyridine rings is 1. The number of hydrogen-bond donors (Lipinski definition) is 0. The molecule has 3 aromatic rings. The van der Waals surface area contributed by atoms with Crippen LogP contribution in [0.5, 0.6) is 5.75 Å². The molecule has 0 aliphatic carbocycles. The molecule has 84 valence electrons. The molecule has 0 bridgehead atoms. The van der Waals surface area contributed by atoms with Gasteiger partial charge in [0, 0.05) is 11.7 Å². The van der Waals surface area contributed by atoms with E-state index < -0.39 is 0 Å². The van der Waals surface area contributed by atoms with E-state index in [0.717, 1.165) is 11.4 Å². The van der Waals surface area contributed by atoms with Crippen molar-refractivity contribution in [2.45, 2.75) is 6.61 Å². The minimum absolute atomic E-state index is 0.579. The number of fused-ring (bicyclic) bond motifs is 1. The maximum Gasteiger partial charge on any atom is 0.129 e. The molecule has 1 aromatic carbocycles. The molecule has 2 nitrogen and oxygen atoms in total. The van der Waals surface area contributed by atoms with Crippen LogP contribution in [0, 0.1) is 0 Å². The first kappa shape index (κ1) is 9.97. The van der Waals surface area contributed by atoms with E-state index in [1.54, 1.807) is 0 Å². The Kier molecular flexibility index (Phi) is 2.54. The average molecular weight is 223 g/mol. The van der Waals surface area contributed by atoms with Crippen molar-refractivity contribution in [1.82, 2.24) is 4.40 Å². The fraction of sp³-hybridized carbons (Fsp3) is 0.0667. The minimum atomic E-state index is 0.579. The van der Waals surface area contributed by atoms with Crippen LogP contribution in [0.2, 0.25) is 0 Å². The van der Waals surface area contributed by atoms with Gasteiger partial charge in [0.05, 0.1) is 5.69 Å². The number of para-hydroxylation sites is 1. The highest BCUT2D eigenvalue weighted by Gasteiger charge is 2.00. The summed E-state index contributed by atoms with van der Waals surface area (Å²) >= 11 is 0. The topological polar surface area (TPSA) is 13.6 Å². The third kappa shape index (κ3) is 2.02. The van der Waals surface area contributed by atoms with E-state index in [-0.39, 0.29) is 0 Å². The van der Waals surface area contributed by atoms with E-state index in [2.05, 4.69) is 34.9 Å². The highest BCUT2D eigenvalue weighted by atomic mass is 16.5. The Balaban J connectivity index is 1.84. The molecule has 0 spiro atoms. The molecule has 0 unspecified atom stereocenters. The van der Waals surface area contributed by atoms with Gasteiger partial charge in [-0.15, -0.1) is 0 Å². The molecule has 2 heterocycles. The fourth-order valence-electron chi connectivity index (χ4n) is 1.92. The number of rotatable bonds is 3. The van der Waals surface area contributed by atoms with Crippen LogP contribution in [0.15, 0.2) is 66.9 Å². The average Bonchev–Trinajstić information content (AvgIpc) is 2.86. The lowest BCUT2D eigenvalue weighted by Gasteiger charge is -2.08. The predicted octanol–water partition coefficient (Wildman–Crippen LogP) is 3.52. The van der Waals surface area contributed by atoms with Gasteiger partial charge in [0.2, 0.25) is 0 Å². The lowest BCUT2D eigenvalue weighted by molar-refractivity contribution is 0.300. The first-order chi connectivity index (χ1) is 8.43. The standard InChI is InChI=1S/C15H13NO/c1-2-9-15(10-3-1)17-12-14-7-4-6-13-8-5-11-16(13)14/h1-11H,12H2. The molecular weight excluding hydrogens is 210 g/mol. The lowest BCUT2D eigenvalue weighted by atomic mass is 10.3. The number of ether oxygens (including phenoxy) is 1. The Morgan fingerprint density at radius 3 is 2.53 bits per heavy atom. The van der Waals surface area contributed by atoms with Gasteiger partial charge in [0.15, 0.2) is 0 Å². The van der Waals surface area contributed by atoms with Crippen molar-refractivity contribution in [3.8, 4) is 5.75 Å². The molecule has 0 atom stereocenters. The van der Waals surface area contributed by atoms with Gasteiger partial charge in [-0.1, -0.05) is 24.3 Å². The summed E-state index contributed by atoms with van der Waals surface area (Å²) in [5.41, 5.74) is 2.34. The highest BCUT2D eigenvalue weighted by Crippen LogP contribution is 2.13. The Morgan fingerprint density at radius 2 is 1.65 bits per heavy atom. The zero-order valence-corrected chi connectivity index (χ0v) is 9.41. The van der Waals surface area contributed by atoms with E-state index in [1.807, 2.05) is 36.4 Å². The zero-order chi connectivity index (χ0) is 11.5. The Bertz CT molecular complexity index is 613. The third-order valence-corrected chi connectivity index (χ3v) is 2.78. The van der Waals surface area contributed by atoms with Crippen molar-refractivity contribution in [2.75, 3.05) is 0 Å². The van der Waals surface area contributed by atoms with Crippen LogP contribution in [0.4, 0.5) is 0 Å². The van der Waals surface area contributed by atoms with Gasteiger partial charge in [-0.2, -0.15) is 0 Å². The van der Waals surface area contributed by atoms with Crippen molar-refractivity contribution < 1.29 is 4.74 Å². The minimum Gasteiger partial charge on any atom is -0.487 e. The maximum atomic E-state index is 5.75. The number of nitrogens with zero attached hydrogens (tertiary/aromatic N) is 1. The van der Waals surface area contributed by atoms with Crippen molar-refractivity contribution in [3.63, 3.8) is 0 Å². The molecule has 17 heavy (non-hydrogen) atoms. The van der Waals surface area contributed by atoms with Crippen LogP contribution >= 0.6 is 0 Å². The summed E-state index contributed by atoms with van der Waals surface area (Å²) in [6.45, 7) is 0.579. The normalized spacial score (nSPS) is 10.6. The second-order valence-corrected chi connectivity index (χ2v) is 3.92. The zero-order valence-electron chi connectivity index (χ0n) is 9.41. The second-order valence-electron chi connectivity index (χ2n) is 3.92. The molecule has 0 saturated carbocycles. The van der Waals surface area contributed by atoms with E-state index in [0.29, 0.717) is 6.61 Å². The first-order valence-corrected chi connectivity index (χ1v) is 5.66. The summed E-state index contributed by atoms with van der Waals surface area (Å²) in [6.07, 6.45) is 2.05. The van der Waals surface area contributed by atoms with Crippen LogP contribution in [-0.2, 0) is 6.61 Å². The van der Waals surface area contributed by atoms with Crippen LogP contribution in [0.1, 0.15) is 5.69 Å². The van der Waals surface area contributed by atoms with Gasteiger partial charge >= 0.3 is 0 Å². The van der Waals surface area contributed by atoms with Gasteiger partial charge in [0.25, 0.3) is 0 Å². The van der Waals surface area contributed by atoms with E-state index in [9.17, 15) is 0 Å². The monoisotopic (exact) mass is 223 g/mol. The summed E-state index contributed by atoms with van der Waals surface area (Å²) in [7, 11) is 0. The molecular formula is C15H13NO. The second kappa shape index (κ2) is 4.34. The van der Waals surface area contributed by atoms with Gasteiger partial charge in [-0.05, 0) is 36.4 Å². The largest absolute Gasteiger partial charge is 0.487 e. The maximum absolute atomic E-state index is 5.75. The molecule has 0 amide bonds. The predicted molar refractivity (Wildman–Crippen MR) is 68.2 cm³/mol. The number of aromatic nitrogens is 1. The molecule has 2 aromatic heterocycles. The summed E-state index contributed by atoms with van der Waals surface area (Å²) < 4.78 is 7.89. The SMILES string of the molecule is c1ccc(OCc2cccc3cccn23)cc1. The smallest absolute Gasteiger partial charge is 0.129 e. The molecule has 0 radical (unpaired) electrons. The molecule has 0 saturated heterocycles. The molecule has 0 aliphatic heterocycles. The summed E-state index contributed by atoms with van der Waals surface area (Å²) in [5, 5.41) is 0. The molecule has 0 aliphatic rings. The summed E-state index contributed by atoms with van der Waals surface area (Å²) in [4.78, 5) is 0. The Hall–Kier alpha value is -2.22. The highest BCUT2D eigenvalue weighted by molar-refractivity contribution is 5.48. The van der Waals surface area contributed by atoms with Crippen molar-refractivity contribution >= 4 is 5.52 Å². The van der Waals surface area contributed by atoms with Crippen molar-refractivity contribution in [1.29, 1.82) is 0 Å². The molecule has 3 rings (SSSR count). The van der Waals surface area contributed by atoms with Crippen LogP contribution in [0.3, 0.4) is 0 Å². The first-order valence-electron chi connectivity index (χ1n) is 5.66. The Morgan fingerprint density at radius 1 is 0.824 bits per heavy atom. The Labute approximate surface area is 100 Å². The van der Waals surface area contributed by atoms with E-state index in [1.165, 1.54) is 5.52 Å². The molecule has 0 fully saturated rings. The summed E-state index contributed by atoms with van der Waals surface area (Å²) in [5.74, 6) is 0.900. The van der Waals surface area contributed by atoms with Gasteiger partial charge in [-0.25, -0.2) is 0 Å². The van der Waals surface area contributed by atoms with E-state index >= 15 is 0 Å². The van der Waals surface area contributed by atoms with Gasteiger partial charge < -0.3 is 9.14 Å². The van der Waals surface area contributed by atoms with Crippen LogP contribution in [-0.4, -0.2) is 4.40 Å².